The van der Waals surface area contributed by atoms with Crippen molar-refractivity contribution in [3.8, 4) is 17.6 Å². The number of morpholine rings is 1. The molecule has 0 unspecified atom stereocenters. The smallest absolute Gasteiger partial charge is 0.422 e. The second kappa shape index (κ2) is 15.9. The van der Waals surface area contributed by atoms with E-state index in [0.717, 1.165) is 43.1 Å². The van der Waals surface area contributed by atoms with Crippen molar-refractivity contribution in [1.29, 1.82) is 0 Å². The first-order chi connectivity index (χ1) is 24.6. The van der Waals surface area contributed by atoms with Crippen molar-refractivity contribution >= 4 is 48.3 Å². The molecule has 1 saturated carbocycles. The van der Waals surface area contributed by atoms with Gasteiger partial charge in [-0.05, 0) is 42.7 Å². The number of thiophene rings is 1. The first kappa shape index (κ1) is 38.3. The quantitative estimate of drug-likeness (QED) is 0.181. The van der Waals surface area contributed by atoms with E-state index < -0.39 is 41.0 Å². The molecule has 3 heterocycles. The maximum absolute atomic E-state index is 15.2. The summed E-state index contributed by atoms with van der Waals surface area (Å²) < 4.78 is 130. The minimum Gasteiger partial charge on any atom is -0.482 e. The molecule has 2 N–H and O–H groups in total. The Morgan fingerprint density at radius 1 is 0.942 bits per heavy atom. The molecule has 52 heavy (non-hydrogen) atoms. The Kier molecular flexibility index (Phi) is 11.7. The Bertz CT molecular complexity index is 1880. The average molecular weight is 777 g/mol. The van der Waals surface area contributed by atoms with Crippen LogP contribution < -0.4 is 20.3 Å². The third-order valence-corrected chi connectivity index (χ3v) is 12.3. The Labute approximate surface area is 301 Å². The predicted molar refractivity (Wildman–Crippen MR) is 188 cm³/mol. The van der Waals surface area contributed by atoms with Crippen LogP contribution in [0.2, 0.25) is 0 Å². The van der Waals surface area contributed by atoms with Gasteiger partial charge < -0.3 is 25.0 Å². The molecule has 1 aliphatic carbocycles. The molecule has 0 spiro atoms. The molecule has 17 heteroatoms. The van der Waals surface area contributed by atoms with E-state index in [-0.39, 0.29) is 51.7 Å². The van der Waals surface area contributed by atoms with E-state index in [2.05, 4.69) is 27.4 Å². The SMILES string of the molecule is O=S1(=O)CCN(C2CCC(Nc3cccc4c(CC(F)(F)F)c(C#CCNc5cc(F)c(N6CCOCC6)cc5OCC(F)(F)F)sc34)CC2)CC1. The highest BCUT2D eigenvalue weighted by atomic mass is 32.2. The summed E-state index contributed by atoms with van der Waals surface area (Å²) in [5.41, 5.74) is 0.720. The van der Waals surface area contributed by atoms with Crippen molar-refractivity contribution in [2.45, 2.75) is 56.5 Å². The van der Waals surface area contributed by atoms with Crippen molar-refractivity contribution < 1.29 is 48.6 Å². The highest BCUT2D eigenvalue weighted by Crippen LogP contribution is 2.40. The van der Waals surface area contributed by atoms with Crippen molar-refractivity contribution in [2.24, 2.45) is 0 Å². The molecule has 2 aliphatic heterocycles. The van der Waals surface area contributed by atoms with Gasteiger partial charge in [0.25, 0.3) is 0 Å². The molecule has 3 aromatic rings. The summed E-state index contributed by atoms with van der Waals surface area (Å²) >= 11 is 1.13. The van der Waals surface area contributed by atoms with E-state index in [1.54, 1.807) is 17.0 Å². The molecule has 2 aromatic carbocycles. The van der Waals surface area contributed by atoms with Crippen molar-refractivity contribution in [2.75, 3.05) is 79.6 Å². The lowest BCUT2D eigenvalue weighted by atomic mass is 9.90. The molecule has 0 atom stereocenters. The summed E-state index contributed by atoms with van der Waals surface area (Å²) in [7, 11) is -2.97. The topological polar surface area (TPSA) is 83.1 Å². The van der Waals surface area contributed by atoms with Gasteiger partial charge in [-0.1, -0.05) is 24.0 Å². The van der Waals surface area contributed by atoms with Crippen LogP contribution in [-0.2, 0) is 21.0 Å². The number of fused-ring (bicyclic) bond motifs is 1. The van der Waals surface area contributed by atoms with Gasteiger partial charge in [0.05, 0.1) is 64.3 Å². The standard InChI is InChI=1S/C35H39F7N4O4S2/c36-27-19-29(31(50-22-35(40,41)42)20-30(27)46-11-15-49-16-12-46)43-10-2-5-32-26(21-34(37,38)39)25-3-1-4-28(33(25)51-32)44-23-6-8-24(9-7-23)45-13-17-52(47,48)18-14-45/h1,3-4,19-20,23-24,43-44H,6-18,21-22H2. The molecule has 3 fully saturated rings. The number of hydrogen-bond acceptors (Lipinski definition) is 9. The second-order valence-corrected chi connectivity index (χ2v) is 16.5. The molecular formula is C35H39F7N4O4S2. The molecule has 3 aliphatic rings. The monoisotopic (exact) mass is 776 g/mol. The van der Waals surface area contributed by atoms with Gasteiger partial charge in [0, 0.05) is 50.4 Å². The lowest BCUT2D eigenvalue weighted by Crippen LogP contribution is -2.48. The number of rotatable bonds is 9. The van der Waals surface area contributed by atoms with Gasteiger partial charge >= 0.3 is 12.4 Å². The molecule has 284 valence electrons. The molecule has 0 amide bonds. The van der Waals surface area contributed by atoms with Crippen LogP contribution in [0.1, 0.15) is 36.1 Å². The molecular weight excluding hydrogens is 738 g/mol. The van der Waals surface area contributed by atoms with E-state index in [9.17, 15) is 34.8 Å². The van der Waals surface area contributed by atoms with E-state index in [4.69, 9.17) is 9.47 Å². The maximum Gasteiger partial charge on any atom is 0.422 e. The number of nitrogens with one attached hydrogen (secondary N) is 2. The van der Waals surface area contributed by atoms with Gasteiger partial charge in [0.1, 0.15) is 11.6 Å². The molecule has 0 bridgehead atoms. The Morgan fingerprint density at radius 2 is 1.65 bits per heavy atom. The zero-order valence-electron chi connectivity index (χ0n) is 28.1. The number of nitrogens with zero attached hydrogens (tertiary/aromatic N) is 2. The number of benzene rings is 2. The lowest BCUT2D eigenvalue weighted by Gasteiger charge is -2.39. The molecule has 1 aromatic heterocycles. The molecule has 0 radical (unpaired) electrons. The average Bonchev–Trinajstić information content (AvgIpc) is 3.43. The third kappa shape index (κ3) is 9.94. The minimum atomic E-state index is -4.64. The molecule has 2 saturated heterocycles. The van der Waals surface area contributed by atoms with E-state index in [1.807, 2.05) is 6.07 Å². The van der Waals surface area contributed by atoms with Crippen LogP contribution in [0, 0.1) is 17.7 Å². The van der Waals surface area contributed by atoms with Crippen LogP contribution >= 0.6 is 11.3 Å². The Morgan fingerprint density at radius 3 is 2.33 bits per heavy atom. The molecule has 8 nitrogen and oxygen atoms in total. The normalized spacial score (nSPS) is 21.4. The number of halogens is 7. The molecule has 6 rings (SSSR count). The van der Waals surface area contributed by atoms with E-state index in [0.29, 0.717) is 61.2 Å². The van der Waals surface area contributed by atoms with Crippen LogP contribution in [0.5, 0.6) is 5.75 Å². The van der Waals surface area contributed by atoms with Gasteiger partial charge in [-0.3, -0.25) is 4.90 Å². The minimum absolute atomic E-state index is 0.0301. The largest absolute Gasteiger partial charge is 0.482 e. The predicted octanol–water partition coefficient (Wildman–Crippen LogP) is 6.84. The maximum atomic E-state index is 15.2. The van der Waals surface area contributed by atoms with Crippen LogP contribution in [0.4, 0.5) is 47.8 Å². The zero-order valence-corrected chi connectivity index (χ0v) is 29.8. The summed E-state index contributed by atoms with van der Waals surface area (Å²) in [6.07, 6.45) is -6.95. The third-order valence-electron chi connectivity index (χ3n) is 9.51. The van der Waals surface area contributed by atoms with Crippen LogP contribution in [-0.4, -0.2) is 102 Å². The van der Waals surface area contributed by atoms with Gasteiger partial charge in [-0.25, -0.2) is 12.8 Å². The Balaban J connectivity index is 1.18. The number of alkyl halides is 6. The lowest BCUT2D eigenvalue weighted by molar-refractivity contribution is -0.153. The fourth-order valence-corrected chi connectivity index (χ4v) is 9.33. The summed E-state index contributed by atoms with van der Waals surface area (Å²) in [6.45, 7) is 0.597. The number of sulfone groups is 1. The fourth-order valence-electron chi connectivity index (χ4n) is 6.93. The van der Waals surface area contributed by atoms with Crippen LogP contribution in [0.15, 0.2) is 30.3 Å². The van der Waals surface area contributed by atoms with Gasteiger partial charge in [0.2, 0.25) is 0 Å². The van der Waals surface area contributed by atoms with Crippen LogP contribution in [0.3, 0.4) is 0 Å². The zero-order chi connectivity index (χ0) is 37.1. The van der Waals surface area contributed by atoms with Gasteiger partial charge in [-0.15, -0.1) is 11.3 Å². The first-order valence-corrected chi connectivity index (χ1v) is 19.7. The van der Waals surface area contributed by atoms with Crippen molar-refractivity contribution in [3.63, 3.8) is 0 Å². The Hall–Kier alpha value is -3.46. The highest BCUT2D eigenvalue weighted by Gasteiger charge is 2.33. The van der Waals surface area contributed by atoms with Crippen LogP contribution in [0.25, 0.3) is 10.1 Å². The number of ether oxygens (including phenoxy) is 2. The summed E-state index contributed by atoms with van der Waals surface area (Å²) in [4.78, 5) is 4.09. The summed E-state index contributed by atoms with van der Waals surface area (Å²) in [5.74, 6) is 5.00. The van der Waals surface area contributed by atoms with E-state index >= 15 is 4.39 Å². The number of hydrogen-bond donors (Lipinski definition) is 2. The van der Waals surface area contributed by atoms with Crippen molar-refractivity contribution in [3.05, 3.63) is 46.6 Å². The fraction of sp³-hybridized carbons (Fsp3) is 0.543. The van der Waals surface area contributed by atoms with Gasteiger partial charge in [-0.2, -0.15) is 26.3 Å². The van der Waals surface area contributed by atoms with Crippen molar-refractivity contribution in [1.82, 2.24) is 4.90 Å². The van der Waals surface area contributed by atoms with E-state index in [1.165, 1.54) is 6.07 Å². The van der Waals surface area contributed by atoms with Gasteiger partial charge in [0.15, 0.2) is 16.4 Å². The number of anilines is 3. The first-order valence-electron chi connectivity index (χ1n) is 17.0. The highest BCUT2D eigenvalue weighted by molar-refractivity contribution is 7.91. The summed E-state index contributed by atoms with van der Waals surface area (Å²) in [6, 6.07) is 7.76. The summed E-state index contributed by atoms with van der Waals surface area (Å²) in [5, 5.41) is 6.73. The second-order valence-electron chi connectivity index (χ2n) is 13.2.